The molecule has 0 fully saturated rings. The molecule has 94 valence electrons. The van der Waals surface area contributed by atoms with E-state index in [1.54, 1.807) is 6.20 Å². The van der Waals surface area contributed by atoms with Crippen molar-refractivity contribution in [3.05, 3.63) is 48.3 Å². The van der Waals surface area contributed by atoms with E-state index in [0.29, 0.717) is 6.54 Å². The van der Waals surface area contributed by atoms with Crippen molar-refractivity contribution in [3.63, 3.8) is 0 Å². The molecule has 0 saturated carbocycles. The smallest absolute Gasteiger partial charge is 0.226 e. The number of carbonyl (C=O) groups excluding carboxylic acids is 1. The molecule has 2 aromatic rings. The van der Waals surface area contributed by atoms with Gasteiger partial charge in [0.2, 0.25) is 5.91 Å². The summed E-state index contributed by atoms with van der Waals surface area (Å²) in [6, 6.07) is 9.68. The van der Waals surface area contributed by atoms with Crippen LogP contribution in [-0.4, -0.2) is 15.7 Å². The summed E-state index contributed by atoms with van der Waals surface area (Å²) in [5.41, 5.74) is 1.90. The van der Waals surface area contributed by atoms with Crippen LogP contribution in [0.4, 0.5) is 5.69 Å². The van der Waals surface area contributed by atoms with Crippen LogP contribution in [0.25, 0.3) is 0 Å². The van der Waals surface area contributed by atoms with Crippen LogP contribution in [0.3, 0.4) is 0 Å². The van der Waals surface area contributed by atoms with E-state index in [9.17, 15) is 4.79 Å². The van der Waals surface area contributed by atoms with E-state index in [1.807, 2.05) is 55.1 Å². The van der Waals surface area contributed by atoms with Crippen LogP contribution in [0.15, 0.2) is 42.7 Å². The first kappa shape index (κ1) is 12.4. The van der Waals surface area contributed by atoms with Gasteiger partial charge >= 0.3 is 0 Å². The van der Waals surface area contributed by atoms with Gasteiger partial charge in [-0.05, 0) is 17.7 Å². The summed E-state index contributed by atoms with van der Waals surface area (Å²) in [6.07, 6.45) is 3.65. The lowest BCUT2D eigenvalue weighted by Crippen LogP contribution is -2.19. The Labute approximate surface area is 107 Å². The average Bonchev–Trinajstić information content (AvgIpc) is 2.84. The summed E-state index contributed by atoms with van der Waals surface area (Å²) in [6.45, 7) is 4.42. The fourth-order valence-electron chi connectivity index (χ4n) is 1.63. The van der Waals surface area contributed by atoms with Crippen molar-refractivity contribution in [2.24, 2.45) is 5.92 Å². The van der Waals surface area contributed by atoms with Crippen LogP contribution in [0.1, 0.15) is 19.4 Å². The molecule has 4 heteroatoms. The first-order valence-electron chi connectivity index (χ1n) is 6.03. The fraction of sp³-hybridized carbons (Fsp3) is 0.286. The van der Waals surface area contributed by atoms with E-state index in [1.165, 1.54) is 0 Å². The highest BCUT2D eigenvalue weighted by atomic mass is 16.1. The van der Waals surface area contributed by atoms with E-state index < -0.39 is 0 Å². The Balaban J connectivity index is 2.18. The minimum Gasteiger partial charge on any atom is -0.326 e. The summed E-state index contributed by atoms with van der Waals surface area (Å²) < 4.78 is 1.83. The topological polar surface area (TPSA) is 46.9 Å². The first-order valence-corrected chi connectivity index (χ1v) is 6.03. The summed E-state index contributed by atoms with van der Waals surface area (Å²) >= 11 is 0. The van der Waals surface area contributed by atoms with Crippen molar-refractivity contribution in [2.45, 2.75) is 20.4 Å². The molecule has 1 aromatic carbocycles. The number of amides is 1. The molecule has 1 heterocycles. The molecule has 0 aliphatic rings. The second-order valence-electron chi connectivity index (χ2n) is 4.50. The number of hydrogen-bond donors (Lipinski definition) is 1. The molecule has 4 nitrogen and oxygen atoms in total. The second kappa shape index (κ2) is 5.49. The van der Waals surface area contributed by atoms with Gasteiger partial charge in [0.15, 0.2) is 0 Å². The highest BCUT2D eigenvalue weighted by Gasteiger charge is 2.09. The van der Waals surface area contributed by atoms with E-state index in [4.69, 9.17) is 0 Å². The van der Waals surface area contributed by atoms with Gasteiger partial charge in [-0.25, -0.2) is 0 Å². The van der Waals surface area contributed by atoms with E-state index in [0.717, 1.165) is 11.3 Å². The van der Waals surface area contributed by atoms with E-state index in [2.05, 4.69) is 10.4 Å². The molecule has 0 unspecified atom stereocenters. The number of carbonyl (C=O) groups is 1. The molecule has 2 rings (SSSR count). The first-order chi connectivity index (χ1) is 8.66. The third-order valence-corrected chi connectivity index (χ3v) is 2.69. The Hall–Kier alpha value is -2.10. The largest absolute Gasteiger partial charge is 0.326 e. The molecule has 0 radical (unpaired) electrons. The lowest BCUT2D eigenvalue weighted by molar-refractivity contribution is -0.118. The minimum atomic E-state index is -0.0252. The van der Waals surface area contributed by atoms with Crippen LogP contribution in [0, 0.1) is 5.92 Å². The number of anilines is 1. The number of rotatable bonds is 4. The molecule has 1 amide bonds. The summed E-state index contributed by atoms with van der Waals surface area (Å²) in [5.74, 6) is 0.00525. The zero-order chi connectivity index (χ0) is 13.0. The van der Waals surface area contributed by atoms with Gasteiger partial charge in [0, 0.05) is 24.0 Å². The lowest BCUT2D eigenvalue weighted by atomic mass is 10.1. The van der Waals surface area contributed by atoms with Gasteiger partial charge in [0.25, 0.3) is 0 Å². The van der Waals surface area contributed by atoms with Gasteiger partial charge in [-0.2, -0.15) is 5.10 Å². The summed E-state index contributed by atoms with van der Waals surface area (Å²) in [5, 5.41) is 7.11. The van der Waals surface area contributed by atoms with Crippen LogP contribution < -0.4 is 5.32 Å². The molecule has 0 saturated heterocycles. The number of aromatic nitrogens is 2. The quantitative estimate of drug-likeness (QED) is 0.897. The standard InChI is InChI=1S/C14H17N3O/c1-11(2)14(18)16-13-7-4-3-6-12(13)10-17-9-5-8-15-17/h3-9,11H,10H2,1-2H3,(H,16,18). The highest BCUT2D eigenvalue weighted by Crippen LogP contribution is 2.17. The number of para-hydroxylation sites is 1. The zero-order valence-electron chi connectivity index (χ0n) is 10.6. The second-order valence-corrected chi connectivity index (χ2v) is 4.50. The number of nitrogens with zero attached hydrogens (tertiary/aromatic N) is 2. The Morgan fingerprint density at radius 1 is 1.33 bits per heavy atom. The van der Waals surface area contributed by atoms with E-state index >= 15 is 0 Å². The van der Waals surface area contributed by atoms with Gasteiger partial charge in [-0.3, -0.25) is 9.48 Å². The molecule has 0 aliphatic heterocycles. The van der Waals surface area contributed by atoms with Crippen molar-refractivity contribution in [3.8, 4) is 0 Å². The maximum Gasteiger partial charge on any atom is 0.226 e. The van der Waals surface area contributed by atoms with Gasteiger partial charge < -0.3 is 5.32 Å². The van der Waals surface area contributed by atoms with Crippen LogP contribution >= 0.6 is 0 Å². The summed E-state index contributed by atoms with van der Waals surface area (Å²) in [4.78, 5) is 11.7. The fourth-order valence-corrected chi connectivity index (χ4v) is 1.63. The van der Waals surface area contributed by atoms with Crippen molar-refractivity contribution >= 4 is 11.6 Å². The van der Waals surface area contributed by atoms with Crippen LogP contribution in [-0.2, 0) is 11.3 Å². The van der Waals surface area contributed by atoms with Crippen LogP contribution in [0.5, 0.6) is 0 Å². The normalized spacial score (nSPS) is 10.6. The summed E-state index contributed by atoms with van der Waals surface area (Å²) in [7, 11) is 0. The van der Waals surface area contributed by atoms with E-state index in [-0.39, 0.29) is 11.8 Å². The molecule has 0 aliphatic carbocycles. The molecule has 18 heavy (non-hydrogen) atoms. The van der Waals surface area contributed by atoms with Crippen molar-refractivity contribution < 1.29 is 4.79 Å². The van der Waals surface area contributed by atoms with Crippen LogP contribution in [0.2, 0.25) is 0 Å². The third kappa shape index (κ3) is 2.97. The maximum absolute atomic E-state index is 11.7. The monoisotopic (exact) mass is 243 g/mol. The van der Waals surface area contributed by atoms with Gasteiger partial charge in [-0.15, -0.1) is 0 Å². The third-order valence-electron chi connectivity index (χ3n) is 2.69. The average molecular weight is 243 g/mol. The molecule has 1 N–H and O–H groups in total. The molecular formula is C14H17N3O. The SMILES string of the molecule is CC(C)C(=O)Nc1ccccc1Cn1cccn1. The molecule has 0 atom stereocenters. The van der Waals surface area contributed by atoms with Crippen molar-refractivity contribution in [2.75, 3.05) is 5.32 Å². The van der Waals surface area contributed by atoms with Crippen molar-refractivity contribution in [1.82, 2.24) is 9.78 Å². The minimum absolute atomic E-state index is 0.0252. The van der Waals surface area contributed by atoms with Crippen molar-refractivity contribution in [1.29, 1.82) is 0 Å². The Bertz CT molecular complexity index is 518. The van der Waals surface area contributed by atoms with Gasteiger partial charge in [0.05, 0.1) is 6.54 Å². The predicted molar refractivity (Wildman–Crippen MR) is 71.2 cm³/mol. The zero-order valence-corrected chi connectivity index (χ0v) is 10.6. The molecule has 1 aromatic heterocycles. The number of benzene rings is 1. The Kier molecular flexibility index (Phi) is 3.77. The molecule has 0 bridgehead atoms. The Morgan fingerprint density at radius 3 is 2.78 bits per heavy atom. The lowest BCUT2D eigenvalue weighted by Gasteiger charge is -2.12. The Morgan fingerprint density at radius 2 is 2.11 bits per heavy atom. The van der Waals surface area contributed by atoms with Gasteiger partial charge in [-0.1, -0.05) is 32.0 Å². The number of nitrogens with one attached hydrogen (secondary N) is 1. The molecular weight excluding hydrogens is 226 g/mol. The van der Waals surface area contributed by atoms with Gasteiger partial charge in [0.1, 0.15) is 0 Å². The maximum atomic E-state index is 11.7. The predicted octanol–water partition coefficient (Wildman–Crippen LogP) is 2.53. The highest BCUT2D eigenvalue weighted by molar-refractivity contribution is 5.92. The molecule has 0 spiro atoms. The number of hydrogen-bond acceptors (Lipinski definition) is 2.